The van der Waals surface area contributed by atoms with Crippen molar-refractivity contribution >= 4 is 21.7 Å². The smallest absolute Gasteiger partial charge is 0.326 e. The Morgan fingerprint density at radius 1 is 1.29 bits per heavy atom. The summed E-state index contributed by atoms with van der Waals surface area (Å²) in [5.41, 5.74) is 0.977. The molecule has 0 saturated carbocycles. The average Bonchev–Trinajstić information content (AvgIpc) is 2.86. The standard InChI is InChI=1S/C14H17NO5S/c1-21(19,20)9-10-4-6-11(7-5-10)13(16)15-8-2-3-12(15)14(17)18/h4-7,12H,2-3,8-9H2,1H3,(H,17,18)/t12-/m1/s1. The zero-order chi connectivity index (χ0) is 15.6. The van der Waals surface area contributed by atoms with Gasteiger partial charge < -0.3 is 10.0 Å². The van der Waals surface area contributed by atoms with E-state index in [0.29, 0.717) is 30.5 Å². The molecule has 1 aliphatic heterocycles. The molecule has 1 aromatic rings. The highest BCUT2D eigenvalue weighted by atomic mass is 32.2. The molecule has 1 atom stereocenters. The van der Waals surface area contributed by atoms with Crippen LogP contribution < -0.4 is 0 Å². The summed E-state index contributed by atoms with van der Waals surface area (Å²) in [5, 5.41) is 9.09. The molecule has 0 unspecified atom stereocenters. The van der Waals surface area contributed by atoms with Gasteiger partial charge in [-0.2, -0.15) is 0 Å². The first kappa shape index (κ1) is 15.5. The number of hydrogen-bond donors (Lipinski definition) is 1. The highest BCUT2D eigenvalue weighted by molar-refractivity contribution is 7.89. The first-order chi connectivity index (χ1) is 9.78. The third kappa shape index (κ3) is 3.81. The Bertz CT molecular complexity index is 650. The summed E-state index contributed by atoms with van der Waals surface area (Å²) in [6, 6.07) is 5.48. The summed E-state index contributed by atoms with van der Waals surface area (Å²) >= 11 is 0. The Morgan fingerprint density at radius 3 is 2.43 bits per heavy atom. The van der Waals surface area contributed by atoms with Gasteiger partial charge in [-0.1, -0.05) is 12.1 Å². The zero-order valence-electron chi connectivity index (χ0n) is 11.7. The second kappa shape index (κ2) is 5.85. The number of sulfone groups is 1. The fourth-order valence-corrected chi connectivity index (χ4v) is 3.28. The van der Waals surface area contributed by atoms with Crippen molar-refractivity contribution < 1.29 is 23.1 Å². The van der Waals surface area contributed by atoms with Gasteiger partial charge in [0.25, 0.3) is 5.91 Å². The lowest BCUT2D eigenvalue weighted by atomic mass is 10.1. The van der Waals surface area contributed by atoms with E-state index in [1.165, 1.54) is 4.90 Å². The fourth-order valence-electron chi connectivity index (χ4n) is 2.48. The minimum absolute atomic E-state index is 0.0804. The lowest BCUT2D eigenvalue weighted by Crippen LogP contribution is -2.40. The van der Waals surface area contributed by atoms with Crippen LogP contribution in [0.2, 0.25) is 0 Å². The van der Waals surface area contributed by atoms with Gasteiger partial charge in [-0.05, 0) is 30.5 Å². The number of carbonyl (C=O) groups excluding carboxylic acids is 1. The molecule has 1 aromatic carbocycles. The number of likely N-dealkylation sites (tertiary alicyclic amines) is 1. The van der Waals surface area contributed by atoms with Crippen LogP contribution in [-0.4, -0.2) is 49.1 Å². The third-order valence-electron chi connectivity index (χ3n) is 3.43. The van der Waals surface area contributed by atoms with Gasteiger partial charge in [0.15, 0.2) is 9.84 Å². The van der Waals surface area contributed by atoms with Crippen molar-refractivity contribution in [2.24, 2.45) is 0 Å². The second-order valence-electron chi connectivity index (χ2n) is 5.26. The highest BCUT2D eigenvalue weighted by Crippen LogP contribution is 2.20. The summed E-state index contributed by atoms with van der Waals surface area (Å²) < 4.78 is 22.4. The van der Waals surface area contributed by atoms with E-state index >= 15 is 0 Å². The minimum atomic E-state index is -3.12. The van der Waals surface area contributed by atoms with Gasteiger partial charge in [0.1, 0.15) is 6.04 Å². The maximum atomic E-state index is 12.3. The lowest BCUT2D eigenvalue weighted by Gasteiger charge is -2.21. The van der Waals surface area contributed by atoms with Gasteiger partial charge in [0, 0.05) is 18.4 Å². The Hall–Kier alpha value is -1.89. The normalized spacial score (nSPS) is 18.7. The van der Waals surface area contributed by atoms with Crippen LogP contribution in [0.1, 0.15) is 28.8 Å². The van der Waals surface area contributed by atoms with Crippen LogP contribution >= 0.6 is 0 Å². The second-order valence-corrected chi connectivity index (χ2v) is 7.40. The third-order valence-corrected chi connectivity index (χ3v) is 4.29. The van der Waals surface area contributed by atoms with Crippen LogP contribution in [0.15, 0.2) is 24.3 Å². The molecule has 2 rings (SSSR count). The fraction of sp³-hybridized carbons (Fsp3) is 0.429. The summed E-state index contributed by atoms with van der Waals surface area (Å²) in [7, 11) is -3.12. The first-order valence-corrected chi connectivity index (χ1v) is 8.64. The summed E-state index contributed by atoms with van der Waals surface area (Å²) in [4.78, 5) is 24.8. The number of benzene rings is 1. The minimum Gasteiger partial charge on any atom is -0.480 e. The highest BCUT2D eigenvalue weighted by Gasteiger charge is 2.34. The quantitative estimate of drug-likeness (QED) is 0.892. The first-order valence-electron chi connectivity index (χ1n) is 6.58. The zero-order valence-corrected chi connectivity index (χ0v) is 12.5. The van der Waals surface area contributed by atoms with Crippen LogP contribution in [0.3, 0.4) is 0 Å². The molecule has 0 spiro atoms. The van der Waals surface area contributed by atoms with Crippen LogP contribution in [0.4, 0.5) is 0 Å². The lowest BCUT2D eigenvalue weighted by molar-refractivity contribution is -0.141. The van der Waals surface area contributed by atoms with Crippen molar-refractivity contribution in [3.05, 3.63) is 35.4 Å². The van der Waals surface area contributed by atoms with Gasteiger partial charge in [0.05, 0.1) is 5.75 Å². The van der Waals surface area contributed by atoms with Gasteiger partial charge in [-0.15, -0.1) is 0 Å². The van der Waals surface area contributed by atoms with Crippen LogP contribution in [-0.2, 0) is 20.4 Å². The van der Waals surface area contributed by atoms with Crippen LogP contribution in [0, 0.1) is 0 Å². The van der Waals surface area contributed by atoms with Crippen molar-refractivity contribution in [3.8, 4) is 0 Å². The van der Waals surface area contributed by atoms with E-state index in [1.807, 2.05) is 0 Å². The maximum Gasteiger partial charge on any atom is 0.326 e. The van der Waals surface area contributed by atoms with Gasteiger partial charge in [0.2, 0.25) is 0 Å². The van der Waals surface area contributed by atoms with E-state index in [2.05, 4.69) is 0 Å². The number of carboxylic acids is 1. The number of aliphatic carboxylic acids is 1. The Labute approximate surface area is 123 Å². The van der Waals surface area contributed by atoms with Gasteiger partial charge in [-0.3, -0.25) is 4.79 Å². The molecule has 1 saturated heterocycles. The number of carboxylic acid groups (broad SMARTS) is 1. The molecule has 114 valence electrons. The number of amides is 1. The van der Waals surface area contributed by atoms with E-state index in [1.54, 1.807) is 24.3 Å². The summed E-state index contributed by atoms with van der Waals surface area (Å²) in [6.45, 7) is 0.431. The van der Waals surface area contributed by atoms with Crippen molar-refractivity contribution in [3.63, 3.8) is 0 Å². The van der Waals surface area contributed by atoms with E-state index in [0.717, 1.165) is 6.26 Å². The summed E-state index contributed by atoms with van der Waals surface area (Å²) in [5.74, 6) is -1.40. The van der Waals surface area contributed by atoms with Gasteiger partial charge >= 0.3 is 5.97 Å². The largest absolute Gasteiger partial charge is 0.480 e. The molecular formula is C14H17NO5S. The van der Waals surface area contributed by atoms with Crippen molar-refractivity contribution in [1.82, 2.24) is 4.90 Å². The molecular weight excluding hydrogens is 294 g/mol. The molecule has 0 bridgehead atoms. The molecule has 1 aliphatic rings. The van der Waals surface area contributed by atoms with E-state index in [4.69, 9.17) is 5.11 Å². The monoisotopic (exact) mass is 311 g/mol. The molecule has 0 radical (unpaired) electrons. The van der Waals surface area contributed by atoms with Crippen molar-refractivity contribution in [2.45, 2.75) is 24.6 Å². The molecule has 21 heavy (non-hydrogen) atoms. The number of nitrogens with zero attached hydrogens (tertiary/aromatic N) is 1. The predicted octanol–water partition coefficient (Wildman–Crippen LogP) is 0.920. The number of rotatable bonds is 4. The van der Waals surface area contributed by atoms with E-state index in [-0.39, 0.29) is 11.7 Å². The molecule has 0 aliphatic carbocycles. The summed E-state index contributed by atoms with van der Waals surface area (Å²) in [6.07, 6.45) is 2.29. The molecule has 1 N–H and O–H groups in total. The van der Waals surface area contributed by atoms with E-state index in [9.17, 15) is 18.0 Å². The number of carbonyl (C=O) groups is 2. The number of hydrogen-bond acceptors (Lipinski definition) is 4. The molecule has 1 heterocycles. The Morgan fingerprint density at radius 2 is 1.90 bits per heavy atom. The average molecular weight is 311 g/mol. The van der Waals surface area contributed by atoms with Crippen LogP contribution in [0.25, 0.3) is 0 Å². The van der Waals surface area contributed by atoms with Crippen LogP contribution in [0.5, 0.6) is 0 Å². The molecule has 6 nitrogen and oxygen atoms in total. The topological polar surface area (TPSA) is 91.8 Å². The van der Waals surface area contributed by atoms with Crippen molar-refractivity contribution in [2.75, 3.05) is 12.8 Å². The molecule has 1 fully saturated rings. The van der Waals surface area contributed by atoms with E-state index < -0.39 is 21.8 Å². The Balaban J connectivity index is 2.15. The van der Waals surface area contributed by atoms with Crippen molar-refractivity contribution in [1.29, 1.82) is 0 Å². The van der Waals surface area contributed by atoms with Gasteiger partial charge in [-0.25, -0.2) is 13.2 Å². The molecule has 0 aromatic heterocycles. The maximum absolute atomic E-state index is 12.3. The predicted molar refractivity (Wildman–Crippen MR) is 76.7 cm³/mol. The molecule has 1 amide bonds. The SMILES string of the molecule is CS(=O)(=O)Cc1ccc(C(=O)N2CCC[C@@H]2C(=O)O)cc1. The Kier molecular flexibility index (Phi) is 4.32. The molecule has 7 heteroatoms.